The molecule has 0 bridgehead atoms. The van der Waals surface area contributed by atoms with Gasteiger partial charge in [0.2, 0.25) is 11.9 Å². The molecule has 0 saturated carbocycles. The van der Waals surface area contributed by atoms with E-state index >= 15 is 0 Å². The lowest BCUT2D eigenvalue weighted by Crippen LogP contribution is -2.26. The van der Waals surface area contributed by atoms with Crippen molar-refractivity contribution in [2.45, 2.75) is 6.42 Å². The first-order chi connectivity index (χ1) is 9.19. The Morgan fingerprint density at radius 2 is 2.32 bits per heavy atom. The zero-order chi connectivity index (χ0) is 13.4. The van der Waals surface area contributed by atoms with Crippen LogP contribution in [0, 0.1) is 18.3 Å². The second kappa shape index (κ2) is 4.52. The summed E-state index contributed by atoms with van der Waals surface area (Å²) in [6, 6.07) is 5.44. The monoisotopic (exact) mass is 271 g/mol. The van der Waals surface area contributed by atoms with Crippen LogP contribution in [0.25, 0.3) is 10.9 Å². The molecule has 94 valence electrons. The van der Waals surface area contributed by atoms with Gasteiger partial charge in [-0.3, -0.25) is 9.69 Å². The first kappa shape index (κ1) is 11.9. The van der Waals surface area contributed by atoms with Gasteiger partial charge in [-0.15, -0.1) is 12.3 Å². The van der Waals surface area contributed by atoms with E-state index in [-0.39, 0.29) is 11.8 Å². The van der Waals surface area contributed by atoms with Gasteiger partial charge >= 0.3 is 0 Å². The third-order valence-electron chi connectivity index (χ3n) is 3.16. The fourth-order valence-corrected chi connectivity index (χ4v) is 2.37. The number of carbonyl (C=O) groups is 1. The quantitative estimate of drug-likeness (QED) is 0.748. The predicted octanol–water partition coefficient (Wildman–Crippen LogP) is 2.27. The molecule has 2 aromatic rings. The van der Waals surface area contributed by atoms with Gasteiger partial charge in [-0.05, 0) is 12.1 Å². The number of rotatable bonds is 1. The van der Waals surface area contributed by atoms with Crippen molar-refractivity contribution in [3.63, 3.8) is 0 Å². The standard InChI is InChI=1S/C14H10ClN3O/c1-2-9-6-13(19)18(8-9)14-16-7-10-11(15)4-3-5-12(10)17-14/h1,3-5,7,9H,6,8H2. The smallest absolute Gasteiger partial charge is 0.232 e. The molecule has 1 saturated heterocycles. The molecular weight excluding hydrogens is 262 g/mol. The second-order valence-electron chi connectivity index (χ2n) is 4.41. The van der Waals surface area contributed by atoms with Crippen molar-refractivity contribution in [2.24, 2.45) is 5.92 Å². The van der Waals surface area contributed by atoms with Crippen molar-refractivity contribution in [3.05, 3.63) is 29.4 Å². The van der Waals surface area contributed by atoms with Crippen LogP contribution in [0.5, 0.6) is 0 Å². The van der Waals surface area contributed by atoms with Crippen molar-refractivity contribution in [1.82, 2.24) is 9.97 Å². The van der Waals surface area contributed by atoms with Crippen LogP contribution in [0.3, 0.4) is 0 Å². The molecule has 1 aromatic heterocycles. The SMILES string of the molecule is C#CC1CC(=O)N(c2ncc3c(Cl)cccc3n2)C1. The Bertz CT molecular complexity index is 707. The zero-order valence-electron chi connectivity index (χ0n) is 10.0. The summed E-state index contributed by atoms with van der Waals surface area (Å²) < 4.78 is 0. The van der Waals surface area contributed by atoms with Gasteiger partial charge in [0.15, 0.2) is 0 Å². The molecule has 1 atom stereocenters. The molecule has 0 aliphatic carbocycles. The average molecular weight is 272 g/mol. The van der Waals surface area contributed by atoms with Crippen molar-refractivity contribution >= 4 is 34.4 Å². The molecule has 3 rings (SSSR count). The lowest BCUT2D eigenvalue weighted by molar-refractivity contribution is -0.117. The molecular formula is C14H10ClN3O. The van der Waals surface area contributed by atoms with Crippen LogP contribution >= 0.6 is 11.6 Å². The molecule has 1 aliphatic heterocycles. The number of nitrogens with zero attached hydrogens (tertiary/aromatic N) is 3. The molecule has 0 N–H and O–H groups in total. The van der Waals surface area contributed by atoms with Crippen LogP contribution in [0.1, 0.15) is 6.42 Å². The number of anilines is 1. The van der Waals surface area contributed by atoms with E-state index in [1.54, 1.807) is 12.3 Å². The normalized spacial score (nSPS) is 18.8. The maximum atomic E-state index is 11.9. The number of terminal acetylenes is 1. The summed E-state index contributed by atoms with van der Waals surface area (Å²) in [4.78, 5) is 22.0. The van der Waals surface area contributed by atoms with Crippen LogP contribution < -0.4 is 4.90 Å². The Labute approximate surface area is 115 Å². The van der Waals surface area contributed by atoms with Crippen LogP contribution in [-0.2, 0) is 4.79 Å². The number of amides is 1. The average Bonchev–Trinajstić information content (AvgIpc) is 2.80. The number of fused-ring (bicyclic) bond motifs is 1. The number of halogens is 1. The third kappa shape index (κ3) is 2.02. The van der Waals surface area contributed by atoms with Crippen molar-refractivity contribution in [2.75, 3.05) is 11.4 Å². The zero-order valence-corrected chi connectivity index (χ0v) is 10.8. The van der Waals surface area contributed by atoms with Crippen LogP contribution in [-0.4, -0.2) is 22.4 Å². The fourth-order valence-electron chi connectivity index (χ4n) is 2.15. The molecule has 1 fully saturated rings. The second-order valence-corrected chi connectivity index (χ2v) is 4.82. The molecule has 1 amide bonds. The topological polar surface area (TPSA) is 46.1 Å². The molecule has 19 heavy (non-hydrogen) atoms. The Morgan fingerprint density at radius 1 is 1.47 bits per heavy atom. The molecule has 0 spiro atoms. The summed E-state index contributed by atoms with van der Waals surface area (Å²) in [6.07, 6.45) is 7.35. The van der Waals surface area contributed by atoms with Gasteiger partial charge in [0, 0.05) is 30.5 Å². The van der Waals surface area contributed by atoms with E-state index < -0.39 is 0 Å². The van der Waals surface area contributed by atoms with Gasteiger partial charge in [0.1, 0.15) is 0 Å². The maximum absolute atomic E-state index is 11.9. The number of hydrogen-bond acceptors (Lipinski definition) is 3. The minimum Gasteiger partial charge on any atom is -0.279 e. The van der Waals surface area contributed by atoms with E-state index in [0.717, 1.165) is 10.9 Å². The highest BCUT2D eigenvalue weighted by Crippen LogP contribution is 2.25. The molecule has 1 aromatic carbocycles. The number of hydrogen-bond donors (Lipinski definition) is 0. The summed E-state index contributed by atoms with van der Waals surface area (Å²) >= 11 is 6.06. The van der Waals surface area contributed by atoms with Gasteiger partial charge in [-0.25, -0.2) is 9.97 Å². The van der Waals surface area contributed by atoms with E-state index in [0.29, 0.717) is 23.9 Å². The molecule has 0 radical (unpaired) electrons. The van der Waals surface area contributed by atoms with Crippen molar-refractivity contribution in [1.29, 1.82) is 0 Å². The lowest BCUT2D eigenvalue weighted by atomic mass is 10.1. The van der Waals surface area contributed by atoms with Gasteiger partial charge in [0.05, 0.1) is 10.5 Å². The van der Waals surface area contributed by atoms with Gasteiger partial charge in [0.25, 0.3) is 0 Å². The highest BCUT2D eigenvalue weighted by Gasteiger charge is 2.31. The fraction of sp³-hybridized carbons (Fsp3) is 0.214. The number of carbonyl (C=O) groups excluding carboxylic acids is 1. The van der Waals surface area contributed by atoms with Gasteiger partial charge in [-0.1, -0.05) is 17.7 Å². The highest BCUT2D eigenvalue weighted by atomic mass is 35.5. The Hall–Kier alpha value is -2.12. The van der Waals surface area contributed by atoms with Crippen LogP contribution in [0.4, 0.5) is 5.95 Å². The molecule has 2 heterocycles. The third-order valence-corrected chi connectivity index (χ3v) is 3.49. The van der Waals surface area contributed by atoms with E-state index in [2.05, 4.69) is 15.9 Å². The van der Waals surface area contributed by atoms with Crippen LogP contribution in [0.2, 0.25) is 5.02 Å². The Morgan fingerprint density at radius 3 is 3.05 bits per heavy atom. The summed E-state index contributed by atoms with van der Waals surface area (Å²) in [7, 11) is 0. The van der Waals surface area contributed by atoms with E-state index in [1.165, 1.54) is 4.90 Å². The van der Waals surface area contributed by atoms with Gasteiger partial charge < -0.3 is 0 Å². The molecule has 5 heteroatoms. The van der Waals surface area contributed by atoms with Crippen molar-refractivity contribution < 1.29 is 4.79 Å². The maximum Gasteiger partial charge on any atom is 0.232 e. The minimum atomic E-state index is -0.0637. The Balaban J connectivity index is 2.03. The summed E-state index contributed by atoms with van der Waals surface area (Å²) in [6.45, 7) is 0.474. The molecule has 1 aliphatic rings. The molecule has 4 nitrogen and oxygen atoms in total. The highest BCUT2D eigenvalue weighted by molar-refractivity contribution is 6.35. The van der Waals surface area contributed by atoms with Gasteiger partial charge in [-0.2, -0.15) is 0 Å². The van der Waals surface area contributed by atoms with E-state index in [4.69, 9.17) is 18.0 Å². The summed E-state index contributed by atoms with van der Waals surface area (Å²) in [5.41, 5.74) is 0.717. The summed E-state index contributed by atoms with van der Waals surface area (Å²) in [5, 5.41) is 1.37. The summed E-state index contributed by atoms with van der Waals surface area (Å²) in [5.74, 6) is 2.89. The van der Waals surface area contributed by atoms with E-state index in [1.807, 2.05) is 12.1 Å². The van der Waals surface area contributed by atoms with E-state index in [9.17, 15) is 4.79 Å². The van der Waals surface area contributed by atoms with Crippen LogP contribution in [0.15, 0.2) is 24.4 Å². The number of aromatic nitrogens is 2. The first-order valence-electron chi connectivity index (χ1n) is 5.87. The lowest BCUT2D eigenvalue weighted by Gasteiger charge is -2.13. The first-order valence-corrected chi connectivity index (χ1v) is 6.24. The van der Waals surface area contributed by atoms with Crippen molar-refractivity contribution in [3.8, 4) is 12.3 Å². The molecule has 1 unspecified atom stereocenters. The number of benzene rings is 1. The largest absolute Gasteiger partial charge is 0.279 e. The Kier molecular flexibility index (Phi) is 2.84. The minimum absolute atomic E-state index is 0.0377. The predicted molar refractivity (Wildman–Crippen MR) is 73.8 cm³/mol.